The first-order chi connectivity index (χ1) is 8.46. The lowest BCUT2D eigenvalue weighted by Crippen LogP contribution is -2.61. The number of β-amino-alcohol motifs (C(OH)–C–C–N with tert-alkyl or cyclic N) is 1. The average molecular weight is 249 g/mol. The molecule has 1 fully saturated rings. The fourth-order valence-electron chi connectivity index (χ4n) is 2.00. The second-order valence-corrected chi connectivity index (χ2v) is 5.16. The number of rotatable bonds is 4. The van der Waals surface area contributed by atoms with Crippen molar-refractivity contribution >= 4 is 5.91 Å². The Bertz CT molecular complexity index is 417. The van der Waals surface area contributed by atoms with Crippen molar-refractivity contribution in [1.82, 2.24) is 4.90 Å². The summed E-state index contributed by atoms with van der Waals surface area (Å²) in [6, 6.07) is 7.75. The molecule has 0 aromatic heterocycles. The number of aliphatic hydroxyl groups is 1. The number of benzene rings is 1. The number of carbonyl (C=O) groups excluding carboxylic acids is 1. The molecule has 2 rings (SSSR count). The van der Waals surface area contributed by atoms with Crippen LogP contribution in [0.1, 0.15) is 18.9 Å². The standard InChI is InChI=1S/C14H19NO3/c1-11-3-5-12(6-4-11)18-8-7-13(16)15-9-14(2,17)10-15/h3-6,17H,7-10H2,1-2H3. The molecular formula is C14H19NO3. The Morgan fingerprint density at radius 2 is 2.00 bits per heavy atom. The van der Waals surface area contributed by atoms with Gasteiger partial charge in [-0.15, -0.1) is 0 Å². The van der Waals surface area contributed by atoms with Crippen LogP contribution in [0.3, 0.4) is 0 Å². The van der Waals surface area contributed by atoms with Gasteiger partial charge in [-0.1, -0.05) is 17.7 Å². The maximum absolute atomic E-state index is 11.7. The van der Waals surface area contributed by atoms with Gasteiger partial charge in [-0.25, -0.2) is 0 Å². The highest BCUT2D eigenvalue weighted by Gasteiger charge is 2.38. The monoisotopic (exact) mass is 249 g/mol. The summed E-state index contributed by atoms with van der Waals surface area (Å²) in [5.74, 6) is 0.817. The molecule has 1 aromatic carbocycles. The van der Waals surface area contributed by atoms with E-state index in [0.29, 0.717) is 26.1 Å². The zero-order valence-electron chi connectivity index (χ0n) is 10.8. The van der Waals surface area contributed by atoms with Crippen molar-refractivity contribution in [1.29, 1.82) is 0 Å². The predicted molar refractivity (Wildman–Crippen MR) is 68.5 cm³/mol. The fraction of sp³-hybridized carbons (Fsp3) is 0.500. The van der Waals surface area contributed by atoms with Crippen LogP contribution in [0.2, 0.25) is 0 Å². The van der Waals surface area contributed by atoms with Gasteiger partial charge >= 0.3 is 0 Å². The van der Waals surface area contributed by atoms with Gasteiger partial charge in [0.05, 0.1) is 31.7 Å². The van der Waals surface area contributed by atoms with E-state index in [4.69, 9.17) is 4.74 Å². The van der Waals surface area contributed by atoms with Crippen LogP contribution < -0.4 is 4.74 Å². The molecule has 1 aliphatic rings. The van der Waals surface area contributed by atoms with Gasteiger partial charge in [0.1, 0.15) is 5.75 Å². The van der Waals surface area contributed by atoms with Crippen molar-refractivity contribution in [2.24, 2.45) is 0 Å². The minimum absolute atomic E-state index is 0.0358. The molecule has 1 heterocycles. The molecule has 4 heteroatoms. The smallest absolute Gasteiger partial charge is 0.226 e. The maximum atomic E-state index is 11.7. The van der Waals surface area contributed by atoms with Crippen molar-refractivity contribution in [2.45, 2.75) is 25.9 Å². The van der Waals surface area contributed by atoms with Crippen LogP contribution in [0.25, 0.3) is 0 Å². The predicted octanol–water partition coefficient (Wildman–Crippen LogP) is 1.36. The molecule has 1 saturated heterocycles. The highest BCUT2D eigenvalue weighted by molar-refractivity contribution is 5.77. The Hall–Kier alpha value is -1.55. The van der Waals surface area contributed by atoms with Gasteiger partial charge in [0.25, 0.3) is 0 Å². The molecule has 0 radical (unpaired) electrons. The van der Waals surface area contributed by atoms with Gasteiger partial charge in [0.15, 0.2) is 0 Å². The summed E-state index contributed by atoms with van der Waals surface area (Å²) in [5.41, 5.74) is 0.481. The first-order valence-corrected chi connectivity index (χ1v) is 6.16. The molecule has 0 aliphatic carbocycles. The number of aryl methyl sites for hydroxylation is 1. The van der Waals surface area contributed by atoms with Gasteiger partial charge in [-0.05, 0) is 26.0 Å². The Kier molecular flexibility index (Phi) is 3.57. The summed E-state index contributed by atoms with van der Waals surface area (Å²) in [6.45, 7) is 4.98. The number of ether oxygens (including phenoxy) is 1. The molecule has 1 N–H and O–H groups in total. The minimum atomic E-state index is -0.701. The van der Waals surface area contributed by atoms with E-state index in [1.165, 1.54) is 5.56 Å². The highest BCUT2D eigenvalue weighted by Crippen LogP contribution is 2.20. The van der Waals surface area contributed by atoms with Crippen LogP contribution in [-0.4, -0.2) is 41.2 Å². The summed E-state index contributed by atoms with van der Waals surface area (Å²) in [6.07, 6.45) is 0.351. The molecule has 4 nitrogen and oxygen atoms in total. The highest BCUT2D eigenvalue weighted by atomic mass is 16.5. The first-order valence-electron chi connectivity index (χ1n) is 6.16. The van der Waals surface area contributed by atoms with Crippen LogP contribution in [0.5, 0.6) is 5.75 Å². The van der Waals surface area contributed by atoms with Crippen LogP contribution in [0, 0.1) is 6.92 Å². The molecule has 0 spiro atoms. The number of amides is 1. The SMILES string of the molecule is Cc1ccc(OCCC(=O)N2CC(C)(O)C2)cc1. The zero-order chi connectivity index (χ0) is 13.2. The van der Waals surface area contributed by atoms with Crippen LogP contribution in [-0.2, 0) is 4.79 Å². The van der Waals surface area contributed by atoms with Crippen molar-refractivity contribution < 1.29 is 14.6 Å². The molecule has 1 amide bonds. The van der Waals surface area contributed by atoms with Gasteiger partial charge in [0.2, 0.25) is 5.91 Å². The Balaban J connectivity index is 1.69. The van der Waals surface area contributed by atoms with Gasteiger partial charge in [0, 0.05) is 0 Å². The van der Waals surface area contributed by atoms with E-state index in [1.807, 2.05) is 31.2 Å². The molecule has 0 unspecified atom stereocenters. The molecule has 0 saturated carbocycles. The summed E-state index contributed by atoms with van der Waals surface area (Å²) >= 11 is 0. The van der Waals surface area contributed by atoms with Crippen molar-refractivity contribution in [3.05, 3.63) is 29.8 Å². The van der Waals surface area contributed by atoms with Crippen molar-refractivity contribution in [2.75, 3.05) is 19.7 Å². The Morgan fingerprint density at radius 3 is 2.56 bits per heavy atom. The first kappa shape index (κ1) is 12.9. The third kappa shape index (κ3) is 3.23. The molecule has 0 bridgehead atoms. The quantitative estimate of drug-likeness (QED) is 0.876. The molecule has 0 atom stereocenters. The zero-order valence-corrected chi connectivity index (χ0v) is 10.8. The van der Waals surface area contributed by atoms with Gasteiger partial charge < -0.3 is 14.7 Å². The van der Waals surface area contributed by atoms with Crippen molar-refractivity contribution in [3.63, 3.8) is 0 Å². The minimum Gasteiger partial charge on any atom is -0.493 e. The fourth-order valence-corrected chi connectivity index (χ4v) is 2.00. The number of likely N-dealkylation sites (tertiary alicyclic amines) is 1. The van der Waals surface area contributed by atoms with Crippen molar-refractivity contribution in [3.8, 4) is 5.75 Å². The summed E-state index contributed by atoms with van der Waals surface area (Å²) < 4.78 is 5.49. The molecule has 18 heavy (non-hydrogen) atoms. The lowest BCUT2D eigenvalue weighted by atomic mass is 9.97. The summed E-state index contributed by atoms with van der Waals surface area (Å²) in [5, 5.41) is 9.54. The third-order valence-corrected chi connectivity index (χ3v) is 3.02. The Labute approximate surface area is 107 Å². The summed E-state index contributed by atoms with van der Waals surface area (Å²) in [7, 11) is 0. The largest absolute Gasteiger partial charge is 0.493 e. The van der Waals surface area contributed by atoms with E-state index in [1.54, 1.807) is 11.8 Å². The molecular weight excluding hydrogens is 230 g/mol. The average Bonchev–Trinajstić information content (AvgIpc) is 2.28. The van der Waals surface area contributed by atoms with E-state index in [-0.39, 0.29) is 5.91 Å². The normalized spacial score (nSPS) is 17.2. The molecule has 1 aromatic rings. The molecule has 98 valence electrons. The second kappa shape index (κ2) is 4.98. The van der Waals surface area contributed by atoms with E-state index in [2.05, 4.69) is 0 Å². The van der Waals surface area contributed by atoms with Gasteiger partial charge in [-0.2, -0.15) is 0 Å². The van der Waals surface area contributed by atoms with E-state index in [9.17, 15) is 9.90 Å². The lowest BCUT2D eigenvalue weighted by Gasteiger charge is -2.44. The number of hydrogen-bond acceptors (Lipinski definition) is 3. The number of hydrogen-bond donors (Lipinski definition) is 1. The van der Waals surface area contributed by atoms with Crippen LogP contribution in [0.15, 0.2) is 24.3 Å². The molecule has 1 aliphatic heterocycles. The maximum Gasteiger partial charge on any atom is 0.226 e. The Morgan fingerprint density at radius 1 is 1.39 bits per heavy atom. The van der Waals surface area contributed by atoms with E-state index in [0.717, 1.165) is 5.75 Å². The summed E-state index contributed by atoms with van der Waals surface area (Å²) in [4.78, 5) is 13.3. The van der Waals surface area contributed by atoms with E-state index < -0.39 is 5.60 Å². The van der Waals surface area contributed by atoms with E-state index >= 15 is 0 Å². The number of nitrogens with zero attached hydrogens (tertiary/aromatic N) is 1. The van der Waals surface area contributed by atoms with Gasteiger partial charge in [-0.3, -0.25) is 4.79 Å². The lowest BCUT2D eigenvalue weighted by molar-refractivity contribution is -0.152. The van der Waals surface area contributed by atoms with Crippen LogP contribution in [0.4, 0.5) is 0 Å². The second-order valence-electron chi connectivity index (χ2n) is 5.16. The third-order valence-electron chi connectivity index (χ3n) is 3.02. The van der Waals surface area contributed by atoms with Crippen LogP contribution >= 0.6 is 0 Å². The number of carbonyl (C=O) groups is 1. The topological polar surface area (TPSA) is 49.8 Å².